The number of piperidine rings is 1. The molecule has 104 valence electrons. The summed E-state index contributed by atoms with van der Waals surface area (Å²) >= 11 is 0. The maximum Gasteiger partial charge on any atom is 0.375 e. The van der Waals surface area contributed by atoms with Crippen LogP contribution in [0.4, 0.5) is 0 Å². The minimum absolute atomic E-state index is 0.315. The molecule has 0 bridgehead atoms. The van der Waals surface area contributed by atoms with Gasteiger partial charge in [-0.05, 0) is 39.8 Å². The molecule has 1 saturated heterocycles. The molecule has 4 nitrogen and oxygen atoms in total. The standard InChI is InChI=1S/C14H25NO3/c1-13(2,3)11(16)12(17)18-14(4,5)10-6-8-15-9-7-10/h10,15H,6-9H2,1-5H3. The van der Waals surface area contributed by atoms with Gasteiger partial charge in [0.05, 0.1) is 0 Å². The van der Waals surface area contributed by atoms with Crippen molar-refractivity contribution in [3.8, 4) is 0 Å². The van der Waals surface area contributed by atoms with Gasteiger partial charge in [-0.2, -0.15) is 0 Å². The summed E-state index contributed by atoms with van der Waals surface area (Å²) in [5.74, 6) is -0.842. The second-order valence-corrected chi connectivity index (χ2v) is 6.60. The molecule has 0 amide bonds. The van der Waals surface area contributed by atoms with Crippen molar-refractivity contribution in [2.75, 3.05) is 13.1 Å². The normalized spacial score (nSPS) is 18.5. The molecule has 0 aromatic rings. The number of esters is 1. The molecule has 0 spiro atoms. The third-order valence-corrected chi connectivity index (χ3v) is 3.54. The number of nitrogens with one attached hydrogen (secondary N) is 1. The Kier molecular flexibility index (Phi) is 4.54. The maximum absolute atomic E-state index is 11.9. The number of rotatable bonds is 3. The molecule has 1 N–H and O–H groups in total. The summed E-state index contributed by atoms with van der Waals surface area (Å²) in [7, 11) is 0. The Labute approximate surface area is 109 Å². The summed E-state index contributed by atoms with van der Waals surface area (Å²) in [4.78, 5) is 23.7. The second-order valence-electron chi connectivity index (χ2n) is 6.60. The fraction of sp³-hybridized carbons (Fsp3) is 0.857. The number of carbonyl (C=O) groups is 2. The molecule has 1 fully saturated rings. The average Bonchev–Trinajstić information content (AvgIpc) is 2.27. The first-order chi connectivity index (χ1) is 8.14. The fourth-order valence-electron chi connectivity index (χ4n) is 2.19. The number of hydrogen-bond acceptors (Lipinski definition) is 4. The number of ketones is 1. The Morgan fingerprint density at radius 1 is 1.06 bits per heavy atom. The second kappa shape index (κ2) is 5.39. The zero-order valence-electron chi connectivity index (χ0n) is 12.1. The molecule has 0 unspecified atom stereocenters. The van der Waals surface area contributed by atoms with Crippen molar-refractivity contribution in [1.82, 2.24) is 5.32 Å². The first kappa shape index (κ1) is 15.2. The van der Waals surface area contributed by atoms with Gasteiger partial charge >= 0.3 is 5.97 Å². The first-order valence-corrected chi connectivity index (χ1v) is 6.63. The molecule has 0 atom stereocenters. The van der Waals surface area contributed by atoms with Crippen molar-refractivity contribution < 1.29 is 14.3 Å². The lowest BCUT2D eigenvalue weighted by molar-refractivity contribution is -0.171. The van der Waals surface area contributed by atoms with E-state index >= 15 is 0 Å². The highest BCUT2D eigenvalue weighted by atomic mass is 16.6. The molecule has 1 rings (SSSR count). The van der Waals surface area contributed by atoms with Gasteiger partial charge in [0, 0.05) is 11.3 Å². The molecule has 0 aliphatic carbocycles. The van der Waals surface area contributed by atoms with E-state index in [-0.39, 0.29) is 0 Å². The Morgan fingerprint density at radius 2 is 1.56 bits per heavy atom. The van der Waals surface area contributed by atoms with Gasteiger partial charge in [-0.15, -0.1) is 0 Å². The van der Waals surface area contributed by atoms with E-state index in [1.54, 1.807) is 20.8 Å². The minimum Gasteiger partial charge on any atom is -0.454 e. The molecule has 0 radical (unpaired) electrons. The highest BCUT2D eigenvalue weighted by Crippen LogP contribution is 2.30. The smallest absolute Gasteiger partial charge is 0.375 e. The van der Waals surface area contributed by atoms with E-state index in [0.29, 0.717) is 5.92 Å². The number of Topliss-reactive ketones (excluding diaryl/α,β-unsaturated/α-hetero) is 1. The summed E-state index contributed by atoms with van der Waals surface area (Å²) in [6.07, 6.45) is 1.95. The zero-order valence-corrected chi connectivity index (χ0v) is 12.1. The Morgan fingerprint density at radius 3 is 2.00 bits per heavy atom. The van der Waals surface area contributed by atoms with Crippen LogP contribution in [0.3, 0.4) is 0 Å². The summed E-state index contributed by atoms with van der Waals surface area (Å²) in [6.45, 7) is 10.9. The molecule has 0 saturated carbocycles. The molecule has 0 aromatic carbocycles. The average molecular weight is 255 g/mol. The topological polar surface area (TPSA) is 55.4 Å². The predicted octanol–water partition coefficient (Wildman–Crippen LogP) is 1.92. The number of hydrogen-bond donors (Lipinski definition) is 1. The summed E-state index contributed by atoms with van der Waals surface area (Å²) in [5, 5.41) is 3.28. The predicted molar refractivity (Wildman–Crippen MR) is 70.2 cm³/mol. The van der Waals surface area contributed by atoms with Crippen molar-refractivity contribution in [1.29, 1.82) is 0 Å². The van der Waals surface area contributed by atoms with Crippen molar-refractivity contribution in [2.24, 2.45) is 11.3 Å². The Hall–Kier alpha value is -0.900. The zero-order chi connectivity index (χ0) is 14.0. The van der Waals surface area contributed by atoms with E-state index < -0.39 is 22.8 Å². The van der Waals surface area contributed by atoms with Crippen molar-refractivity contribution in [3.05, 3.63) is 0 Å². The van der Waals surface area contributed by atoms with Crippen molar-refractivity contribution >= 4 is 11.8 Å². The largest absolute Gasteiger partial charge is 0.454 e. The Bertz CT molecular complexity index is 322. The number of carbonyl (C=O) groups excluding carboxylic acids is 2. The highest BCUT2D eigenvalue weighted by Gasteiger charge is 2.38. The van der Waals surface area contributed by atoms with Gasteiger partial charge in [-0.3, -0.25) is 4.79 Å². The van der Waals surface area contributed by atoms with Gasteiger partial charge in [-0.25, -0.2) is 4.79 Å². The fourth-order valence-corrected chi connectivity index (χ4v) is 2.19. The van der Waals surface area contributed by atoms with E-state index in [1.807, 2.05) is 13.8 Å². The quantitative estimate of drug-likeness (QED) is 0.618. The van der Waals surface area contributed by atoms with Gasteiger partial charge in [0.25, 0.3) is 0 Å². The van der Waals surface area contributed by atoms with Crippen LogP contribution in [0.15, 0.2) is 0 Å². The van der Waals surface area contributed by atoms with Gasteiger partial charge in [0.2, 0.25) is 5.78 Å². The third-order valence-electron chi connectivity index (χ3n) is 3.54. The van der Waals surface area contributed by atoms with E-state index in [1.165, 1.54) is 0 Å². The van der Waals surface area contributed by atoms with E-state index in [0.717, 1.165) is 25.9 Å². The van der Waals surface area contributed by atoms with Crippen LogP contribution in [0, 0.1) is 11.3 Å². The minimum atomic E-state index is -0.703. The number of ether oxygens (including phenoxy) is 1. The van der Waals surface area contributed by atoms with Crippen molar-refractivity contribution in [2.45, 2.75) is 53.1 Å². The molecule has 1 aliphatic heterocycles. The molecule has 0 aromatic heterocycles. The molecule has 1 aliphatic rings. The third kappa shape index (κ3) is 3.80. The van der Waals surface area contributed by atoms with Crippen LogP contribution in [0.25, 0.3) is 0 Å². The summed E-state index contributed by atoms with van der Waals surface area (Å²) < 4.78 is 5.45. The molecule has 18 heavy (non-hydrogen) atoms. The van der Waals surface area contributed by atoms with Gasteiger partial charge in [-0.1, -0.05) is 20.8 Å². The van der Waals surface area contributed by atoms with Crippen molar-refractivity contribution in [3.63, 3.8) is 0 Å². The first-order valence-electron chi connectivity index (χ1n) is 6.63. The monoisotopic (exact) mass is 255 g/mol. The molecular weight excluding hydrogens is 230 g/mol. The lowest BCUT2D eigenvalue weighted by Gasteiger charge is -2.36. The highest BCUT2D eigenvalue weighted by molar-refractivity contribution is 6.35. The van der Waals surface area contributed by atoms with E-state index in [9.17, 15) is 9.59 Å². The molecule has 1 heterocycles. The van der Waals surface area contributed by atoms with E-state index in [2.05, 4.69) is 5.32 Å². The lowest BCUT2D eigenvalue weighted by atomic mass is 9.83. The van der Waals surface area contributed by atoms with Crippen LogP contribution in [0.1, 0.15) is 47.5 Å². The van der Waals surface area contributed by atoms with Gasteiger partial charge in [0.1, 0.15) is 5.60 Å². The van der Waals surface area contributed by atoms with Crippen LogP contribution in [-0.2, 0) is 14.3 Å². The van der Waals surface area contributed by atoms with Crippen LogP contribution in [-0.4, -0.2) is 30.4 Å². The van der Waals surface area contributed by atoms with Gasteiger partial charge in [0.15, 0.2) is 0 Å². The SMILES string of the molecule is CC(C)(C)C(=O)C(=O)OC(C)(C)C1CCNCC1. The molecular formula is C14H25NO3. The van der Waals surface area contributed by atoms with Crippen LogP contribution in [0.2, 0.25) is 0 Å². The lowest BCUT2D eigenvalue weighted by Crippen LogP contribution is -2.45. The maximum atomic E-state index is 11.9. The molecule has 4 heteroatoms. The van der Waals surface area contributed by atoms with Crippen LogP contribution in [0.5, 0.6) is 0 Å². The Balaban J connectivity index is 2.64. The van der Waals surface area contributed by atoms with E-state index in [4.69, 9.17) is 4.74 Å². The van der Waals surface area contributed by atoms with Crippen LogP contribution >= 0.6 is 0 Å². The summed E-state index contributed by atoms with van der Waals surface area (Å²) in [6, 6.07) is 0. The van der Waals surface area contributed by atoms with Gasteiger partial charge < -0.3 is 10.1 Å². The summed E-state index contributed by atoms with van der Waals surface area (Å²) in [5.41, 5.74) is -1.25. The van der Waals surface area contributed by atoms with Crippen LogP contribution < -0.4 is 5.32 Å².